The average molecular weight is 435 g/mol. The summed E-state index contributed by atoms with van der Waals surface area (Å²) in [4.78, 5) is 4.80. The van der Waals surface area contributed by atoms with E-state index in [9.17, 15) is 0 Å². The predicted octanol–water partition coefficient (Wildman–Crippen LogP) is 9.00. The number of pyridine rings is 1. The topological polar surface area (TPSA) is 24.9 Å². The molecule has 164 valence electrons. The van der Waals surface area contributed by atoms with Gasteiger partial charge in [0.2, 0.25) is 0 Å². The lowest BCUT2D eigenvalue weighted by Gasteiger charge is -2.16. The third-order valence-corrected chi connectivity index (χ3v) is 5.71. The molecule has 3 heteroatoms. The van der Waals surface area contributed by atoms with Crippen LogP contribution in [0.4, 0.5) is 5.82 Å². The smallest absolute Gasteiger partial charge is 0.134 e. The van der Waals surface area contributed by atoms with Crippen molar-refractivity contribution < 1.29 is 0 Å². The maximum absolute atomic E-state index is 6.35. The highest BCUT2D eigenvalue weighted by Gasteiger charge is 2.12. The summed E-state index contributed by atoms with van der Waals surface area (Å²) in [6.07, 6.45) is 5.54. The summed E-state index contributed by atoms with van der Waals surface area (Å²) in [7, 11) is 0. The fourth-order valence-electron chi connectivity index (χ4n) is 3.29. The van der Waals surface area contributed by atoms with Gasteiger partial charge in [0.25, 0.3) is 0 Å². The number of nitrogens with zero attached hydrogens (tertiary/aromatic N) is 1. The first-order valence-electron chi connectivity index (χ1n) is 11.1. The van der Waals surface area contributed by atoms with Crippen LogP contribution in [0.15, 0.2) is 61.2 Å². The van der Waals surface area contributed by atoms with Crippen LogP contribution < -0.4 is 5.32 Å². The Morgan fingerprint density at radius 1 is 0.903 bits per heavy atom. The van der Waals surface area contributed by atoms with Gasteiger partial charge in [0.1, 0.15) is 5.82 Å². The SMILES string of the molecule is C=C(Nc1nc(-c2ccccc2Cl)cc(C)c1C)c1ccccc1C.CCCCCC. The van der Waals surface area contributed by atoms with E-state index in [1.165, 1.54) is 31.2 Å². The molecule has 0 radical (unpaired) electrons. The lowest BCUT2D eigenvalue weighted by atomic mass is 10.0. The summed E-state index contributed by atoms with van der Waals surface area (Å²) in [6, 6.07) is 18.0. The minimum Gasteiger partial charge on any atom is -0.340 e. The van der Waals surface area contributed by atoms with E-state index in [0.29, 0.717) is 5.02 Å². The zero-order valence-corrected chi connectivity index (χ0v) is 20.3. The molecule has 0 aliphatic heterocycles. The summed E-state index contributed by atoms with van der Waals surface area (Å²) in [5.74, 6) is 0.808. The van der Waals surface area contributed by atoms with Crippen LogP contribution in [0.3, 0.4) is 0 Å². The molecule has 0 aliphatic carbocycles. The molecule has 0 saturated heterocycles. The number of hydrogen-bond acceptors (Lipinski definition) is 2. The number of hydrogen-bond donors (Lipinski definition) is 1. The lowest BCUT2D eigenvalue weighted by Crippen LogP contribution is -2.05. The van der Waals surface area contributed by atoms with E-state index < -0.39 is 0 Å². The largest absolute Gasteiger partial charge is 0.340 e. The normalized spacial score (nSPS) is 10.3. The van der Waals surface area contributed by atoms with Crippen molar-refractivity contribution in [3.63, 3.8) is 0 Å². The van der Waals surface area contributed by atoms with E-state index in [4.69, 9.17) is 16.6 Å². The first-order chi connectivity index (χ1) is 14.9. The second kappa shape index (κ2) is 12.3. The van der Waals surface area contributed by atoms with E-state index >= 15 is 0 Å². The van der Waals surface area contributed by atoms with Crippen molar-refractivity contribution >= 4 is 23.1 Å². The molecule has 1 aromatic heterocycles. The Labute approximate surface area is 193 Å². The molecule has 0 saturated carbocycles. The molecule has 1 heterocycles. The van der Waals surface area contributed by atoms with Gasteiger partial charge in [-0.2, -0.15) is 0 Å². The van der Waals surface area contributed by atoms with Crippen LogP contribution in [-0.2, 0) is 0 Å². The van der Waals surface area contributed by atoms with Gasteiger partial charge in [-0.1, -0.05) is 100 Å². The van der Waals surface area contributed by atoms with Crippen LogP contribution in [0.25, 0.3) is 17.0 Å². The van der Waals surface area contributed by atoms with Crippen molar-refractivity contribution in [3.8, 4) is 11.3 Å². The van der Waals surface area contributed by atoms with Crippen LogP contribution in [0.2, 0.25) is 5.02 Å². The minimum absolute atomic E-state index is 0.696. The quantitative estimate of drug-likeness (QED) is 0.375. The van der Waals surface area contributed by atoms with Crippen LogP contribution in [0.1, 0.15) is 61.8 Å². The average Bonchev–Trinajstić information content (AvgIpc) is 2.76. The zero-order valence-electron chi connectivity index (χ0n) is 19.6. The minimum atomic E-state index is 0.696. The number of nitrogens with one attached hydrogen (secondary N) is 1. The Morgan fingerprint density at radius 2 is 1.52 bits per heavy atom. The van der Waals surface area contributed by atoms with Crippen molar-refractivity contribution in [2.75, 3.05) is 5.32 Å². The van der Waals surface area contributed by atoms with Gasteiger partial charge in [0.15, 0.2) is 0 Å². The zero-order chi connectivity index (χ0) is 22.8. The molecule has 0 amide bonds. The van der Waals surface area contributed by atoms with Gasteiger partial charge in [-0.25, -0.2) is 4.98 Å². The molecule has 0 unspecified atom stereocenters. The number of anilines is 1. The molecule has 1 N–H and O–H groups in total. The molecular formula is C28H35ClN2. The number of aromatic nitrogens is 1. The van der Waals surface area contributed by atoms with Crippen molar-refractivity contribution in [2.45, 2.75) is 60.3 Å². The third-order valence-electron chi connectivity index (χ3n) is 5.38. The molecule has 0 spiro atoms. The third kappa shape index (κ3) is 6.97. The van der Waals surface area contributed by atoms with Crippen molar-refractivity contribution in [1.29, 1.82) is 0 Å². The van der Waals surface area contributed by atoms with Gasteiger partial charge in [0, 0.05) is 21.8 Å². The highest BCUT2D eigenvalue weighted by molar-refractivity contribution is 6.33. The first-order valence-corrected chi connectivity index (χ1v) is 11.5. The Hall–Kier alpha value is -2.58. The molecule has 0 aliphatic rings. The molecule has 0 bridgehead atoms. The number of benzene rings is 2. The van der Waals surface area contributed by atoms with Crippen molar-refractivity contribution in [2.24, 2.45) is 0 Å². The Morgan fingerprint density at radius 3 is 2.13 bits per heavy atom. The molecule has 2 nitrogen and oxygen atoms in total. The predicted molar refractivity (Wildman–Crippen MR) is 138 cm³/mol. The van der Waals surface area contributed by atoms with Gasteiger partial charge in [0.05, 0.1) is 5.69 Å². The summed E-state index contributed by atoms with van der Waals surface area (Å²) in [6.45, 7) is 14.9. The highest BCUT2D eigenvalue weighted by Crippen LogP contribution is 2.31. The monoisotopic (exact) mass is 434 g/mol. The summed E-state index contributed by atoms with van der Waals surface area (Å²) < 4.78 is 0. The number of rotatable bonds is 7. The van der Waals surface area contributed by atoms with Gasteiger partial charge < -0.3 is 5.32 Å². The van der Waals surface area contributed by atoms with E-state index in [1.54, 1.807) is 0 Å². The Kier molecular flexibility index (Phi) is 9.81. The maximum atomic E-state index is 6.35. The number of halogens is 1. The van der Waals surface area contributed by atoms with Crippen LogP contribution in [0, 0.1) is 20.8 Å². The first kappa shape index (κ1) is 24.7. The van der Waals surface area contributed by atoms with Crippen LogP contribution >= 0.6 is 11.6 Å². The second-order valence-corrected chi connectivity index (χ2v) is 8.31. The second-order valence-electron chi connectivity index (χ2n) is 7.90. The van der Waals surface area contributed by atoms with Crippen LogP contribution in [0.5, 0.6) is 0 Å². The fraction of sp³-hybridized carbons (Fsp3) is 0.321. The lowest BCUT2D eigenvalue weighted by molar-refractivity contribution is 0.702. The van der Waals surface area contributed by atoms with Crippen molar-refractivity contribution in [3.05, 3.63) is 88.5 Å². The number of aryl methyl sites for hydroxylation is 2. The van der Waals surface area contributed by atoms with Crippen molar-refractivity contribution in [1.82, 2.24) is 4.98 Å². The maximum Gasteiger partial charge on any atom is 0.134 e. The fourth-order valence-corrected chi connectivity index (χ4v) is 3.52. The Balaban J connectivity index is 0.000000501. The van der Waals surface area contributed by atoms with Gasteiger partial charge in [-0.15, -0.1) is 0 Å². The number of unbranched alkanes of at least 4 members (excludes halogenated alkanes) is 3. The van der Waals surface area contributed by atoms with E-state index in [2.05, 4.69) is 64.7 Å². The molecule has 2 aromatic carbocycles. The van der Waals surface area contributed by atoms with Gasteiger partial charge in [-0.3, -0.25) is 0 Å². The molecule has 3 aromatic rings. The van der Waals surface area contributed by atoms with E-state index in [-0.39, 0.29) is 0 Å². The molecule has 0 atom stereocenters. The molecule has 3 rings (SSSR count). The highest BCUT2D eigenvalue weighted by atomic mass is 35.5. The summed E-state index contributed by atoms with van der Waals surface area (Å²) >= 11 is 6.35. The van der Waals surface area contributed by atoms with Gasteiger partial charge in [-0.05, 0) is 49.6 Å². The van der Waals surface area contributed by atoms with E-state index in [0.717, 1.165) is 39.5 Å². The standard InChI is InChI=1S/C22H21ClN2.C6H14/c1-14-9-5-6-10-18(14)17(4)24-22-16(3)15(2)13-21(25-22)19-11-7-8-12-20(19)23;1-3-5-6-4-2/h5-13H,4H2,1-3H3,(H,24,25);3-6H2,1-2H3. The van der Waals surface area contributed by atoms with Gasteiger partial charge >= 0.3 is 0 Å². The van der Waals surface area contributed by atoms with E-state index in [1.807, 2.05) is 36.4 Å². The van der Waals surface area contributed by atoms with Crippen LogP contribution in [-0.4, -0.2) is 4.98 Å². The summed E-state index contributed by atoms with van der Waals surface area (Å²) in [5.41, 5.74) is 7.15. The molecule has 0 fully saturated rings. The molecular weight excluding hydrogens is 400 g/mol. The summed E-state index contributed by atoms with van der Waals surface area (Å²) in [5, 5.41) is 4.09. The Bertz CT molecular complexity index is 1000. The molecule has 31 heavy (non-hydrogen) atoms.